The minimum absolute atomic E-state index is 0.238. The molecule has 0 atom stereocenters. The molecule has 1 aromatic heterocycles. The van der Waals surface area contributed by atoms with E-state index in [1.54, 1.807) is 24.3 Å². The highest BCUT2D eigenvalue weighted by Gasteiger charge is 2.23. The van der Waals surface area contributed by atoms with Gasteiger partial charge in [0.15, 0.2) is 0 Å². The third kappa shape index (κ3) is 3.28. The third-order valence-corrected chi connectivity index (χ3v) is 5.84. The second-order valence-corrected chi connectivity index (χ2v) is 7.75. The summed E-state index contributed by atoms with van der Waals surface area (Å²) in [5, 5.41) is 0. The number of sulfonamides is 1. The Balaban J connectivity index is 2.31. The van der Waals surface area contributed by atoms with Crippen molar-refractivity contribution in [3.8, 4) is 0 Å². The summed E-state index contributed by atoms with van der Waals surface area (Å²) in [6, 6.07) is 6.71. The van der Waals surface area contributed by atoms with Gasteiger partial charge in [-0.1, -0.05) is 15.9 Å². The van der Waals surface area contributed by atoms with Gasteiger partial charge in [0.1, 0.15) is 0 Å². The lowest BCUT2D eigenvalue weighted by atomic mass is 10.3. The standard InChI is InChI=1S/C12H11Br2NO3S/c1-15(7-9-4-5-18-8-9)19(16,17)12-3-2-10(13)6-11(12)14/h2-6,8H,7H2,1H3. The van der Waals surface area contributed by atoms with E-state index in [2.05, 4.69) is 31.9 Å². The Hall–Kier alpha value is -0.630. The van der Waals surface area contributed by atoms with E-state index < -0.39 is 10.0 Å². The molecule has 102 valence electrons. The predicted molar refractivity (Wildman–Crippen MR) is 79.2 cm³/mol. The fourth-order valence-electron chi connectivity index (χ4n) is 1.58. The fourth-order valence-corrected chi connectivity index (χ4v) is 4.44. The van der Waals surface area contributed by atoms with Gasteiger partial charge in [0.25, 0.3) is 0 Å². The summed E-state index contributed by atoms with van der Waals surface area (Å²) in [6.45, 7) is 0.265. The molecule has 0 N–H and O–H groups in total. The van der Waals surface area contributed by atoms with Gasteiger partial charge in [-0.25, -0.2) is 8.42 Å². The van der Waals surface area contributed by atoms with Crippen molar-refractivity contribution in [2.24, 2.45) is 0 Å². The van der Waals surface area contributed by atoms with E-state index in [0.29, 0.717) is 4.47 Å². The molecule has 4 nitrogen and oxygen atoms in total. The molecular weight excluding hydrogens is 398 g/mol. The SMILES string of the molecule is CN(Cc1ccoc1)S(=O)(=O)c1ccc(Br)cc1Br. The van der Waals surface area contributed by atoms with Crippen LogP contribution in [0.15, 0.2) is 55.0 Å². The molecule has 19 heavy (non-hydrogen) atoms. The number of benzene rings is 1. The van der Waals surface area contributed by atoms with Gasteiger partial charge in [-0.15, -0.1) is 0 Å². The van der Waals surface area contributed by atoms with E-state index in [-0.39, 0.29) is 11.4 Å². The summed E-state index contributed by atoms with van der Waals surface area (Å²) in [7, 11) is -2.00. The maximum atomic E-state index is 12.4. The Morgan fingerprint density at radius 2 is 2.00 bits per heavy atom. The summed E-state index contributed by atoms with van der Waals surface area (Å²) in [4.78, 5) is 0.238. The average molecular weight is 409 g/mol. The number of hydrogen-bond acceptors (Lipinski definition) is 3. The van der Waals surface area contributed by atoms with Gasteiger partial charge >= 0.3 is 0 Å². The first-order valence-electron chi connectivity index (χ1n) is 5.34. The van der Waals surface area contributed by atoms with E-state index in [4.69, 9.17) is 4.42 Å². The molecule has 0 fully saturated rings. The van der Waals surface area contributed by atoms with Crippen LogP contribution >= 0.6 is 31.9 Å². The van der Waals surface area contributed by atoms with Crippen LogP contribution < -0.4 is 0 Å². The number of furan rings is 1. The average Bonchev–Trinajstić information content (AvgIpc) is 2.81. The Kier molecular flexibility index (Phi) is 4.50. The molecule has 0 aliphatic heterocycles. The van der Waals surface area contributed by atoms with Gasteiger partial charge in [0, 0.05) is 28.1 Å². The highest BCUT2D eigenvalue weighted by atomic mass is 79.9. The zero-order valence-corrected chi connectivity index (χ0v) is 14.0. The van der Waals surface area contributed by atoms with Gasteiger partial charge in [0.2, 0.25) is 10.0 Å². The highest BCUT2D eigenvalue weighted by Crippen LogP contribution is 2.28. The molecule has 0 aliphatic carbocycles. The van der Waals surface area contributed by atoms with Crippen LogP contribution in [0.1, 0.15) is 5.56 Å². The lowest BCUT2D eigenvalue weighted by Gasteiger charge is -2.17. The number of nitrogens with zero attached hydrogens (tertiary/aromatic N) is 1. The van der Waals surface area contributed by atoms with Gasteiger partial charge in [-0.05, 0) is 40.2 Å². The molecule has 2 aromatic rings. The number of halogens is 2. The summed E-state index contributed by atoms with van der Waals surface area (Å²) >= 11 is 6.57. The lowest BCUT2D eigenvalue weighted by molar-refractivity contribution is 0.463. The van der Waals surface area contributed by atoms with Crippen LogP contribution in [-0.4, -0.2) is 19.8 Å². The van der Waals surface area contributed by atoms with Crippen molar-refractivity contribution in [1.82, 2.24) is 4.31 Å². The largest absolute Gasteiger partial charge is 0.472 e. The molecule has 0 saturated carbocycles. The molecule has 0 radical (unpaired) electrons. The minimum atomic E-state index is -3.54. The summed E-state index contributed by atoms with van der Waals surface area (Å²) < 4.78 is 32.4. The number of rotatable bonds is 4. The lowest BCUT2D eigenvalue weighted by Crippen LogP contribution is -2.26. The van der Waals surface area contributed by atoms with Crippen molar-refractivity contribution in [1.29, 1.82) is 0 Å². The van der Waals surface area contributed by atoms with Crippen LogP contribution in [0, 0.1) is 0 Å². The molecule has 1 aromatic carbocycles. The van der Waals surface area contributed by atoms with Crippen molar-refractivity contribution in [3.05, 3.63) is 51.3 Å². The molecule has 1 heterocycles. The van der Waals surface area contributed by atoms with Crippen molar-refractivity contribution < 1.29 is 12.8 Å². The van der Waals surface area contributed by atoms with Crippen molar-refractivity contribution in [2.75, 3.05) is 7.05 Å². The molecule has 0 spiro atoms. The zero-order chi connectivity index (χ0) is 14.0. The molecular formula is C12H11Br2NO3S. The van der Waals surface area contributed by atoms with Crippen LogP contribution in [0.4, 0.5) is 0 Å². The Bertz CT molecular complexity index is 668. The number of hydrogen-bond donors (Lipinski definition) is 0. The molecule has 0 bridgehead atoms. The minimum Gasteiger partial charge on any atom is -0.472 e. The maximum absolute atomic E-state index is 12.4. The monoisotopic (exact) mass is 407 g/mol. The summed E-state index contributed by atoms with van der Waals surface area (Å²) in [5.41, 5.74) is 0.805. The van der Waals surface area contributed by atoms with E-state index in [1.165, 1.54) is 23.9 Å². The van der Waals surface area contributed by atoms with Crippen LogP contribution in [0.2, 0.25) is 0 Å². The molecule has 0 saturated heterocycles. The van der Waals surface area contributed by atoms with Crippen molar-refractivity contribution in [2.45, 2.75) is 11.4 Å². The molecule has 0 amide bonds. The second kappa shape index (κ2) is 5.78. The Morgan fingerprint density at radius 1 is 1.26 bits per heavy atom. The smallest absolute Gasteiger partial charge is 0.244 e. The van der Waals surface area contributed by atoms with Crippen molar-refractivity contribution in [3.63, 3.8) is 0 Å². The van der Waals surface area contributed by atoms with Crippen LogP contribution in [0.3, 0.4) is 0 Å². The Morgan fingerprint density at radius 3 is 2.58 bits per heavy atom. The highest BCUT2D eigenvalue weighted by molar-refractivity contribution is 9.11. The molecule has 0 unspecified atom stereocenters. The van der Waals surface area contributed by atoms with E-state index in [1.807, 2.05) is 0 Å². The molecule has 2 rings (SSSR count). The van der Waals surface area contributed by atoms with Gasteiger partial charge < -0.3 is 4.42 Å². The zero-order valence-electron chi connectivity index (χ0n) is 10.0. The van der Waals surface area contributed by atoms with E-state index >= 15 is 0 Å². The molecule has 0 aliphatic rings. The normalized spacial score (nSPS) is 12.0. The third-order valence-electron chi connectivity index (χ3n) is 2.57. The van der Waals surface area contributed by atoms with Crippen LogP contribution in [0.25, 0.3) is 0 Å². The summed E-state index contributed by atoms with van der Waals surface area (Å²) in [5.74, 6) is 0. The van der Waals surface area contributed by atoms with Crippen LogP contribution in [0.5, 0.6) is 0 Å². The van der Waals surface area contributed by atoms with Gasteiger partial charge in [-0.3, -0.25) is 0 Å². The maximum Gasteiger partial charge on any atom is 0.244 e. The Labute approximate surface area is 128 Å². The first-order valence-corrected chi connectivity index (χ1v) is 8.36. The second-order valence-electron chi connectivity index (χ2n) is 3.97. The van der Waals surface area contributed by atoms with Gasteiger partial charge in [0.05, 0.1) is 17.4 Å². The van der Waals surface area contributed by atoms with Gasteiger partial charge in [-0.2, -0.15) is 4.31 Å². The van der Waals surface area contributed by atoms with E-state index in [9.17, 15) is 8.42 Å². The van der Waals surface area contributed by atoms with E-state index in [0.717, 1.165) is 10.0 Å². The first-order chi connectivity index (χ1) is 8.91. The predicted octanol–water partition coefficient (Wildman–Crippen LogP) is 3.63. The summed E-state index contributed by atoms with van der Waals surface area (Å²) in [6.07, 6.45) is 3.05. The van der Waals surface area contributed by atoms with Crippen LogP contribution in [-0.2, 0) is 16.6 Å². The fraction of sp³-hybridized carbons (Fsp3) is 0.167. The van der Waals surface area contributed by atoms with Crippen molar-refractivity contribution >= 4 is 41.9 Å². The first kappa shape index (κ1) is 14.8. The quantitative estimate of drug-likeness (QED) is 0.776. The molecule has 7 heteroatoms. The topological polar surface area (TPSA) is 50.5 Å².